The van der Waals surface area contributed by atoms with Crippen LogP contribution in [0, 0.1) is 19.8 Å². The zero-order chi connectivity index (χ0) is 10.8. The minimum atomic E-state index is -0.124. The molecule has 0 heterocycles. The molecule has 1 aliphatic carbocycles. The standard InChI is InChI=1S/C14H20O/c1-10-6-7-12(8-11(10)2)9-14(15)13-4-3-5-13/h6-8,13-15H,3-5,9H2,1-2H3. The van der Waals surface area contributed by atoms with Crippen LogP contribution >= 0.6 is 0 Å². The molecule has 1 N–H and O–H groups in total. The maximum atomic E-state index is 9.98. The topological polar surface area (TPSA) is 20.2 Å². The molecule has 1 heteroatoms. The van der Waals surface area contributed by atoms with Crippen molar-refractivity contribution in [3.8, 4) is 0 Å². The lowest BCUT2D eigenvalue weighted by Gasteiger charge is -2.30. The minimum Gasteiger partial charge on any atom is -0.392 e. The Hall–Kier alpha value is -0.820. The quantitative estimate of drug-likeness (QED) is 0.802. The van der Waals surface area contributed by atoms with Gasteiger partial charge in [-0.1, -0.05) is 24.6 Å². The van der Waals surface area contributed by atoms with Crippen molar-refractivity contribution >= 4 is 0 Å². The molecule has 1 aromatic carbocycles. The molecule has 1 fully saturated rings. The summed E-state index contributed by atoms with van der Waals surface area (Å²) in [5.74, 6) is 0.562. The number of benzene rings is 1. The van der Waals surface area contributed by atoms with Crippen LogP contribution in [-0.2, 0) is 6.42 Å². The summed E-state index contributed by atoms with van der Waals surface area (Å²) in [6, 6.07) is 6.50. The molecule has 82 valence electrons. The van der Waals surface area contributed by atoms with Crippen LogP contribution in [0.25, 0.3) is 0 Å². The molecule has 0 spiro atoms. The number of rotatable bonds is 3. The van der Waals surface area contributed by atoms with Crippen LogP contribution in [-0.4, -0.2) is 11.2 Å². The van der Waals surface area contributed by atoms with Gasteiger partial charge in [-0.2, -0.15) is 0 Å². The first-order valence-corrected chi connectivity index (χ1v) is 5.91. The lowest BCUT2D eigenvalue weighted by atomic mass is 9.79. The molecule has 0 aromatic heterocycles. The van der Waals surface area contributed by atoms with E-state index in [1.807, 2.05) is 0 Å². The third kappa shape index (κ3) is 2.40. The van der Waals surface area contributed by atoms with Gasteiger partial charge in [0.25, 0.3) is 0 Å². The monoisotopic (exact) mass is 204 g/mol. The van der Waals surface area contributed by atoms with E-state index in [2.05, 4.69) is 32.0 Å². The van der Waals surface area contributed by atoms with E-state index in [4.69, 9.17) is 0 Å². The van der Waals surface area contributed by atoms with E-state index in [0.29, 0.717) is 5.92 Å². The molecular weight excluding hydrogens is 184 g/mol. The summed E-state index contributed by atoms with van der Waals surface area (Å²) in [7, 11) is 0. The van der Waals surface area contributed by atoms with Gasteiger partial charge in [0.05, 0.1) is 6.10 Å². The summed E-state index contributed by atoms with van der Waals surface area (Å²) < 4.78 is 0. The number of hydrogen-bond acceptors (Lipinski definition) is 1. The van der Waals surface area contributed by atoms with Gasteiger partial charge in [0.1, 0.15) is 0 Å². The summed E-state index contributed by atoms with van der Waals surface area (Å²) in [6.45, 7) is 4.26. The maximum Gasteiger partial charge on any atom is 0.0608 e. The smallest absolute Gasteiger partial charge is 0.0608 e. The Morgan fingerprint density at radius 3 is 2.53 bits per heavy atom. The van der Waals surface area contributed by atoms with Crippen molar-refractivity contribution in [2.45, 2.75) is 45.6 Å². The fraction of sp³-hybridized carbons (Fsp3) is 0.571. The molecule has 0 saturated heterocycles. The third-order valence-corrected chi connectivity index (χ3v) is 3.71. The second kappa shape index (κ2) is 4.36. The van der Waals surface area contributed by atoms with Crippen molar-refractivity contribution in [3.63, 3.8) is 0 Å². The van der Waals surface area contributed by atoms with Crippen LogP contribution in [0.15, 0.2) is 18.2 Å². The molecule has 1 atom stereocenters. The third-order valence-electron chi connectivity index (χ3n) is 3.71. The number of aryl methyl sites for hydroxylation is 2. The first-order chi connectivity index (χ1) is 7.16. The first kappa shape index (κ1) is 10.7. The molecule has 1 unspecified atom stereocenters. The Morgan fingerprint density at radius 1 is 1.27 bits per heavy atom. The summed E-state index contributed by atoms with van der Waals surface area (Å²) in [5.41, 5.74) is 3.93. The Balaban J connectivity index is 2.00. The van der Waals surface area contributed by atoms with Gasteiger partial charge in [-0.15, -0.1) is 0 Å². The average Bonchev–Trinajstić information content (AvgIpc) is 2.08. The highest BCUT2D eigenvalue weighted by molar-refractivity contribution is 5.30. The summed E-state index contributed by atoms with van der Waals surface area (Å²) in [6.07, 6.45) is 4.43. The average molecular weight is 204 g/mol. The largest absolute Gasteiger partial charge is 0.392 e. The van der Waals surface area contributed by atoms with E-state index in [-0.39, 0.29) is 6.10 Å². The van der Waals surface area contributed by atoms with Gasteiger partial charge in [-0.25, -0.2) is 0 Å². The summed E-state index contributed by atoms with van der Waals surface area (Å²) in [4.78, 5) is 0. The van der Waals surface area contributed by atoms with Crippen LogP contribution in [0.5, 0.6) is 0 Å². The predicted octanol–water partition coefficient (Wildman–Crippen LogP) is 3.01. The van der Waals surface area contributed by atoms with E-state index >= 15 is 0 Å². The molecule has 1 aliphatic rings. The molecule has 0 amide bonds. The van der Waals surface area contributed by atoms with Crippen LogP contribution in [0.2, 0.25) is 0 Å². The number of hydrogen-bond donors (Lipinski definition) is 1. The molecule has 0 radical (unpaired) electrons. The normalized spacial score (nSPS) is 18.6. The van der Waals surface area contributed by atoms with E-state index in [1.54, 1.807) is 0 Å². The summed E-state index contributed by atoms with van der Waals surface area (Å²) >= 11 is 0. The highest BCUT2D eigenvalue weighted by Gasteiger charge is 2.25. The van der Waals surface area contributed by atoms with Crippen LogP contribution in [0.4, 0.5) is 0 Å². The Morgan fingerprint density at radius 2 is 2.00 bits per heavy atom. The van der Waals surface area contributed by atoms with Gasteiger partial charge >= 0.3 is 0 Å². The van der Waals surface area contributed by atoms with Gasteiger partial charge in [0.2, 0.25) is 0 Å². The fourth-order valence-corrected chi connectivity index (χ4v) is 2.16. The Kier molecular flexibility index (Phi) is 3.11. The Labute approximate surface area is 92.1 Å². The molecule has 2 rings (SSSR count). The highest BCUT2D eigenvalue weighted by Crippen LogP contribution is 2.31. The number of aliphatic hydroxyl groups excluding tert-OH is 1. The van der Waals surface area contributed by atoms with Gasteiger partial charge in [0, 0.05) is 0 Å². The molecule has 15 heavy (non-hydrogen) atoms. The van der Waals surface area contributed by atoms with Gasteiger partial charge in [-0.3, -0.25) is 0 Å². The highest BCUT2D eigenvalue weighted by atomic mass is 16.3. The van der Waals surface area contributed by atoms with Crippen molar-refractivity contribution in [1.29, 1.82) is 0 Å². The molecule has 1 nitrogen and oxygen atoms in total. The van der Waals surface area contributed by atoms with Gasteiger partial charge < -0.3 is 5.11 Å². The van der Waals surface area contributed by atoms with Crippen LogP contribution in [0.1, 0.15) is 36.0 Å². The SMILES string of the molecule is Cc1ccc(CC(O)C2CCC2)cc1C. The van der Waals surface area contributed by atoms with E-state index in [9.17, 15) is 5.11 Å². The maximum absolute atomic E-state index is 9.98. The van der Waals surface area contributed by atoms with Crippen molar-refractivity contribution < 1.29 is 5.11 Å². The van der Waals surface area contributed by atoms with E-state index in [0.717, 1.165) is 6.42 Å². The van der Waals surface area contributed by atoms with Crippen molar-refractivity contribution in [2.24, 2.45) is 5.92 Å². The van der Waals surface area contributed by atoms with Gasteiger partial charge in [-0.05, 0) is 55.7 Å². The van der Waals surface area contributed by atoms with Gasteiger partial charge in [0.15, 0.2) is 0 Å². The second-order valence-corrected chi connectivity index (χ2v) is 4.88. The second-order valence-electron chi connectivity index (χ2n) is 4.88. The Bertz CT molecular complexity index is 339. The summed E-state index contributed by atoms with van der Waals surface area (Å²) in [5, 5.41) is 9.98. The predicted molar refractivity (Wildman–Crippen MR) is 63.0 cm³/mol. The molecule has 1 aromatic rings. The molecule has 1 saturated carbocycles. The first-order valence-electron chi connectivity index (χ1n) is 5.91. The minimum absolute atomic E-state index is 0.124. The lowest BCUT2D eigenvalue weighted by Crippen LogP contribution is -2.28. The molecule has 0 aliphatic heterocycles. The zero-order valence-electron chi connectivity index (χ0n) is 9.66. The van der Waals surface area contributed by atoms with Crippen molar-refractivity contribution in [3.05, 3.63) is 34.9 Å². The van der Waals surface area contributed by atoms with Crippen LogP contribution < -0.4 is 0 Å². The van der Waals surface area contributed by atoms with Crippen molar-refractivity contribution in [2.75, 3.05) is 0 Å². The molecular formula is C14H20O. The van der Waals surface area contributed by atoms with E-state index in [1.165, 1.54) is 36.0 Å². The zero-order valence-corrected chi connectivity index (χ0v) is 9.66. The van der Waals surface area contributed by atoms with Crippen LogP contribution in [0.3, 0.4) is 0 Å². The number of aliphatic hydroxyl groups is 1. The molecule has 0 bridgehead atoms. The lowest BCUT2D eigenvalue weighted by molar-refractivity contribution is 0.0630. The fourth-order valence-electron chi connectivity index (χ4n) is 2.16. The van der Waals surface area contributed by atoms with Crippen molar-refractivity contribution in [1.82, 2.24) is 0 Å². The van der Waals surface area contributed by atoms with E-state index < -0.39 is 0 Å².